The Morgan fingerprint density at radius 1 is 1.38 bits per heavy atom. The molecule has 0 radical (unpaired) electrons. The lowest BCUT2D eigenvalue weighted by molar-refractivity contribution is 0.0601. The van der Waals surface area contributed by atoms with Gasteiger partial charge in [0.2, 0.25) is 0 Å². The molecule has 1 aromatic rings. The average Bonchev–Trinajstić information content (AvgIpc) is 2.34. The van der Waals surface area contributed by atoms with E-state index in [-0.39, 0.29) is 5.97 Å². The molecule has 0 saturated carbocycles. The minimum absolute atomic E-state index is 0.301. The van der Waals surface area contributed by atoms with Crippen molar-refractivity contribution >= 4 is 23.6 Å². The number of carbonyl (C=O) groups is 1. The molecule has 1 N–H and O–H groups in total. The molecular weight excluding hydrogens is 222 g/mol. The van der Waals surface area contributed by atoms with Crippen LogP contribution >= 0.6 is 11.9 Å². The van der Waals surface area contributed by atoms with Crippen LogP contribution in [0, 0.1) is 0 Å². The van der Waals surface area contributed by atoms with E-state index in [0.29, 0.717) is 5.56 Å². The van der Waals surface area contributed by atoms with Crippen molar-refractivity contribution in [3.63, 3.8) is 0 Å². The van der Waals surface area contributed by atoms with E-state index in [2.05, 4.69) is 16.4 Å². The summed E-state index contributed by atoms with van der Waals surface area (Å²) in [5.74, 6) is 0.792. The maximum absolute atomic E-state index is 11.2. The Bertz CT molecular complexity index is 324. The average molecular weight is 239 g/mol. The number of hydrogen-bond acceptors (Lipinski definition) is 4. The summed E-state index contributed by atoms with van der Waals surface area (Å²) in [4.78, 5) is 11.2. The number of benzene rings is 1. The molecule has 0 bridgehead atoms. The Labute approximate surface area is 101 Å². The molecular formula is C12H17NO2S. The van der Waals surface area contributed by atoms with Gasteiger partial charge in [0, 0.05) is 11.4 Å². The lowest BCUT2D eigenvalue weighted by Gasteiger charge is -2.05. The summed E-state index contributed by atoms with van der Waals surface area (Å²) in [6, 6.07) is 7.28. The number of ether oxygens (including phenoxy) is 1. The molecule has 4 heteroatoms. The Hall–Kier alpha value is -1.16. The van der Waals surface area contributed by atoms with E-state index in [1.165, 1.54) is 20.0 Å². The van der Waals surface area contributed by atoms with Crippen LogP contribution in [0.5, 0.6) is 0 Å². The summed E-state index contributed by atoms with van der Waals surface area (Å²) in [6.45, 7) is 2.17. The fourth-order valence-corrected chi connectivity index (χ4v) is 1.98. The zero-order chi connectivity index (χ0) is 11.8. The van der Waals surface area contributed by atoms with E-state index < -0.39 is 0 Å². The van der Waals surface area contributed by atoms with E-state index in [1.54, 1.807) is 24.1 Å². The molecule has 0 heterocycles. The van der Waals surface area contributed by atoms with Gasteiger partial charge in [-0.25, -0.2) is 4.79 Å². The van der Waals surface area contributed by atoms with Gasteiger partial charge >= 0.3 is 5.97 Å². The second-order valence-corrected chi connectivity index (χ2v) is 4.27. The molecule has 1 aromatic carbocycles. The van der Waals surface area contributed by atoms with Crippen LogP contribution in [0.3, 0.4) is 0 Å². The van der Waals surface area contributed by atoms with Crippen molar-refractivity contribution in [1.29, 1.82) is 0 Å². The first kappa shape index (κ1) is 12.9. The van der Waals surface area contributed by atoms with E-state index in [4.69, 9.17) is 0 Å². The van der Waals surface area contributed by atoms with Crippen LogP contribution in [0.4, 0.5) is 5.69 Å². The minimum atomic E-state index is -0.301. The Morgan fingerprint density at radius 2 is 2.06 bits per heavy atom. The lowest BCUT2D eigenvalue weighted by Crippen LogP contribution is -2.00. The summed E-state index contributed by atoms with van der Waals surface area (Å²) in [5.41, 5.74) is 1.58. The quantitative estimate of drug-likeness (QED) is 0.469. The molecule has 0 aliphatic rings. The zero-order valence-electron chi connectivity index (χ0n) is 9.66. The Balaban J connectivity index is 2.42. The van der Waals surface area contributed by atoms with Crippen LogP contribution in [-0.4, -0.2) is 18.8 Å². The molecule has 0 atom stereocenters. The number of carbonyl (C=O) groups excluding carboxylic acids is 1. The van der Waals surface area contributed by atoms with Gasteiger partial charge < -0.3 is 9.46 Å². The standard InChI is InChI=1S/C12H17NO2S/c1-3-4-9-16-13-11-7-5-10(6-8-11)12(14)15-2/h5-8,13H,3-4,9H2,1-2H3. The second kappa shape index (κ2) is 7.17. The van der Waals surface area contributed by atoms with Gasteiger partial charge in [0.05, 0.1) is 12.7 Å². The number of anilines is 1. The van der Waals surface area contributed by atoms with Crippen LogP contribution in [0.2, 0.25) is 0 Å². The molecule has 0 aliphatic heterocycles. The monoisotopic (exact) mass is 239 g/mol. The van der Waals surface area contributed by atoms with Crippen LogP contribution in [0.1, 0.15) is 30.1 Å². The van der Waals surface area contributed by atoms with Crippen LogP contribution < -0.4 is 4.72 Å². The van der Waals surface area contributed by atoms with Gasteiger partial charge in [0.1, 0.15) is 0 Å². The van der Waals surface area contributed by atoms with Crippen molar-refractivity contribution in [2.75, 3.05) is 17.6 Å². The molecule has 0 fully saturated rings. The summed E-state index contributed by atoms with van der Waals surface area (Å²) in [5, 5.41) is 0. The SMILES string of the molecule is CCCCSNc1ccc(C(=O)OC)cc1. The first-order chi connectivity index (χ1) is 7.77. The second-order valence-electron chi connectivity index (χ2n) is 3.37. The summed E-state index contributed by atoms with van der Waals surface area (Å²) >= 11 is 1.68. The molecule has 0 saturated heterocycles. The molecule has 88 valence electrons. The van der Waals surface area contributed by atoms with Crippen LogP contribution in [0.15, 0.2) is 24.3 Å². The van der Waals surface area contributed by atoms with Gasteiger partial charge in [-0.05, 0) is 30.7 Å². The maximum atomic E-state index is 11.2. The molecule has 3 nitrogen and oxygen atoms in total. The highest BCUT2D eigenvalue weighted by Gasteiger charge is 2.03. The largest absolute Gasteiger partial charge is 0.465 e. The molecule has 16 heavy (non-hydrogen) atoms. The molecule has 1 rings (SSSR count). The third-order valence-electron chi connectivity index (χ3n) is 2.10. The van der Waals surface area contributed by atoms with Crippen LogP contribution in [0.25, 0.3) is 0 Å². The van der Waals surface area contributed by atoms with Crippen LogP contribution in [-0.2, 0) is 4.74 Å². The summed E-state index contributed by atoms with van der Waals surface area (Å²) < 4.78 is 7.85. The van der Waals surface area contributed by atoms with Crippen molar-refractivity contribution in [3.05, 3.63) is 29.8 Å². The predicted octanol–water partition coefficient (Wildman–Crippen LogP) is 3.33. The van der Waals surface area contributed by atoms with E-state index >= 15 is 0 Å². The first-order valence-corrected chi connectivity index (χ1v) is 6.32. The predicted molar refractivity (Wildman–Crippen MR) is 68.8 cm³/mol. The third kappa shape index (κ3) is 4.14. The highest BCUT2D eigenvalue weighted by atomic mass is 32.2. The first-order valence-electron chi connectivity index (χ1n) is 5.34. The highest BCUT2D eigenvalue weighted by Crippen LogP contribution is 2.15. The zero-order valence-corrected chi connectivity index (χ0v) is 10.5. The van der Waals surface area contributed by atoms with E-state index in [1.807, 2.05) is 12.1 Å². The number of unbranched alkanes of at least 4 members (excludes halogenated alkanes) is 1. The number of methoxy groups -OCH3 is 1. The van der Waals surface area contributed by atoms with Gasteiger partial charge in [-0.1, -0.05) is 25.3 Å². The lowest BCUT2D eigenvalue weighted by atomic mass is 10.2. The maximum Gasteiger partial charge on any atom is 0.337 e. The highest BCUT2D eigenvalue weighted by molar-refractivity contribution is 8.00. The van der Waals surface area contributed by atoms with E-state index in [9.17, 15) is 4.79 Å². The minimum Gasteiger partial charge on any atom is -0.465 e. The summed E-state index contributed by atoms with van der Waals surface area (Å²) in [7, 11) is 1.38. The number of nitrogens with one attached hydrogen (secondary N) is 1. The smallest absolute Gasteiger partial charge is 0.337 e. The van der Waals surface area contributed by atoms with Crippen molar-refractivity contribution < 1.29 is 9.53 Å². The third-order valence-corrected chi connectivity index (χ3v) is 2.97. The normalized spacial score (nSPS) is 9.88. The van der Waals surface area contributed by atoms with Gasteiger partial charge in [0.25, 0.3) is 0 Å². The van der Waals surface area contributed by atoms with Gasteiger partial charge in [0.15, 0.2) is 0 Å². The van der Waals surface area contributed by atoms with Gasteiger partial charge in [-0.2, -0.15) is 0 Å². The van der Waals surface area contributed by atoms with E-state index in [0.717, 1.165) is 11.4 Å². The molecule has 0 aliphatic carbocycles. The summed E-state index contributed by atoms with van der Waals surface area (Å²) in [6.07, 6.45) is 2.41. The number of rotatable bonds is 6. The molecule has 0 amide bonds. The van der Waals surface area contributed by atoms with Gasteiger partial charge in [-0.15, -0.1) is 0 Å². The van der Waals surface area contributed by atoms with Crippen molar-refractivity contribution in [2.45, 2.75) is 19.8 Å². The Morgan fingerprint density at radius 3 is 2.62 bits per heavy atom. The van der Waals surface area contributed by atoms with Crippen molar-refractivity contribution in [3.8, 4) is 0 Å². The number of hydrogen-bond donors (Lipinski definition) is 1. The van der Waals surface area contributed by atoms with Crippen molar-refractivity contribution in [2.24, 2.45) is 0 Å². The van der Waals surface area contributed by atoms with Crippen molar-refractivity contribution in [1.82, 2.24) is 0 Å². The Kier molecular flexibility index (Phi) is 5.78. The van der Waals surface area contributed by atoms with Gasteiger partial charge in [-0.3, -0.25) is 0 Å². The number of esters is 1. The molecule has 0 aromatic heterocycles. The topological polar surface area (TPSA) is 38.3 Å². The molecule has 0 unspecified atom stereocenters. The molecule has 0 spiro atoms. The fraction of sp³-hybridized carbons (Fsp3) is 0.417. The fourth-order valence-electron chi connectivity index (χ4n) is 1.14.